The van der Waals surface area contributed by atoms with E-state index in [9.17, 15) is 4.79 Å². The van der Waals surface area contributed by atoms with Crippen LogP contribution < -0.4 is 0 Å². The molecule has 0 saturated carbocycles. The van der Waals surface area contributed by atoms with Crippen LogP contribution in [0.25, 0.3) is 0 Å². The Morgan fingerprint density at radius 2 is 2.30 bits per heavy atom. The van der Waals surface area contributed by atoms with Crippen LogP contribution in [0.4, 0.5) is 0 Å². The maximum atomic E-state index is 12.4. The van der Waals surface area contributed by atoms with Crippen molar-refractivity contribution in [3.8, 4) is 0 Å². The van der Waals surface area contributed by atoms with Crippen LogP contribution in [0.5, 0.6) is 0 Å². The minimum Gasteiger partial charge on any atom is -0.378 e. The molecule has 0 unspecified atom stereocenters. The summed E-state index contributed by atoms with van der Waals surface area (Å²) >= 11 is 0. The van der Waals surface area contributed by atoms with Crippen LogP contribution in [-0.4, -0.2) is 40.2 Å². The maximum Gasteiger partial charge on any atom is 0.226 e. The van der Waals surface area contributed by atoms with E-state index in [1.165, 1.54) is 0 Å². The SMILES string of the molecule is CCc1nc([C@@H]2CCCN2C(=O)C[C@@H]2CCCO2)no1. The second-order valence-corrected chi connectivity index (χ2v) is 5.48. The molecule has 0 N–H and O–H groups in total. The van der Waals surface area contributed by atoms with E-state index >= 15 is 0 Å². The molecule has 2 aliphatic rings. The number of carbonyl (C=O) groups is 1. The third-order valence-corrected chi connectivity index (χ3v) is 4.08. The molecule has 6 heteroatoms. The minimum atomic E-state index is -0.0204. The summed E-state index contributed by atoms with van der Waals surface area (Å²) in [5.41, 5.74) is 0. The number of ether oxygens (including phenoxy) is 1. The van der Waals surface area contributed by atoms with Crippen molar-refractivity contribution in [1.29, 1.82) is 0 Å². The zero-order valence-corrected chi connectivity index (χ0v) is 11.9. The van der Waals surface area contributed by atoms with Gasteiger partial charge < -0.3 is 14.2 Å². The Bertz CT molecular complexity index is 468. The van der Waals surface area contributed by atoms with Crippen LogP contribution in [0.3, 0.4) is 0 Å². The van der Waals surface area contributed by atoms with Gasteiger partial charge >= 0.3 is 0 Å². The number of likely N-dealkylation sites (tertiary alicyclic amines) is 1. The summed E-state index contributed by atoms with van der Waals surface area (Å²) in [5.74, 6) is 1.45. The highest BCUT2D eigenvalue weighted by atomic mass is 16.5. The van der Waals surface area contributed by atoms with Gasteiger partial charge in [0.2, 0.25) is 11.8 Å². The summed E-state index contributed by atoms with van der Waals surface area (Å²) in [7, 11) is 0. The maximum absolute atomic E-state index is 12.4. The van der Waals surface area contributed by atoms with Crippen LogP contribution in [-0.2, 0) is 16.0 Å². The summed E-state index contributed by atoms with van der Waals surface area (Å²) in [6, 6.07) is -0.0204. The van der Waals surface area contributed by atoms with Crippen molar-refractivity contribution in [2.24, 2.45) is 0 Å². The van der Waals surface area contributed by atoms with Gasteiger partial charge in [0.05, 0.1) is 18.6 Å². The molecule has 1 aromatic heterocycles. The average Bonchev–Trinajstić information content (AvgIpc) is 3.19. The lowest BCUT2D eigenvalue weighted by atomic mass is 10.1. The fourth-order valence-electron chi connectivity index (χ4n) is 3.00. The number of nitrogens with zero attached hydrogens (tertiary/aromatic N) is 3. The fourth-order valence-corrected chi connectivity index (χ4v) is 3.00. The minimum absolute atomic E-state index is 0.0204. The highest BCUT2D eigenvalue weighted by Gasteiger charge is 2.34. The van der Waals surface area contributed by atoms with Crippen LogP contribution in [0.1, 0.15) is 56.8 Å². The lowest BCUT2D eigenvalue weighted by molar-refractivity contribution is -0.134. The van der Waals surface area contributed by atoms with E-state index in [4.69, 9.17) is 9.26 Å². The van der Waals surface area contributed by atoms with E-state index in [1.807, 2.05) is 11.8 Å². The Balaban J connectivity index is 1.66. The Morgan fingerprint density at radius 1 is 1.40 bits per heavy atom. The van der Waals surface area contributed by atoms with Gasteiger partial charge in [-0.15, -0.1) is 0 Å². The van der Waals surface area contributed by atoms with Gasteiger partial charge in [-0.05, 0) is 25.7 Å². The van der Waals surface area contributed by atoms with E-state index in [2.05, 4.69) is 10.1 Å². The number of carbonyl (C=O) groups excluding carboxylic acids is 1. The fraction of sp³-hybridized carbons (Fsp3) is 0.786. The molecular weight excluding hydrogens is 258 g/mol. The number of aryl methyl sites for hydroxylation is 1. The molecule has 2 aliphatic heterocycles. The Morgan fingerprint density at radius 3 is 3.00 bits per heavy atom. The second-order valence-electron chi connectivity index (χ2n) is 5.48. The number of rotatable bonds is 4. The number of aromatic nitrogens is 2. The van der Waals surface area contributed by atoms with Gasteiger partial charge in [0.25, 0.3) is 0 Å². The van der Waals surface area contributed by atoms with Crippen LogP contribution in [0.15, 0.2) is 4.52 Å². The smallest absolute Gasteiger partial charge is 0.226 e. The first kappa shape index (κ1) is 13.5. The van der Waals surface area contributed by atoms with Crippen molar-refractivity contribution < 1.29 is 14.1 Å². The van der Waals surface area contributed by atoms with Crippen molar-refractivity contribution in [3.05, 3.63) is 11.7 Å². The molecule has 110 valence electrons. The van der Waals surface area contributed by atoms with Crippen LogP contribution >= 0.6 is 0 Å². The molecule has 0 aliphatic carbocycles. The number of hydrogen-bond donors (Lipinski definition) is 0. The van der Waals surface area contributed by atoms with Crippen molar-refractivity contribution in [3.63, 3.8) is 0 Å². The van der Waals surface area contributed by atoms with Gasteiger partial charge in [-0.25, -0.2) is 0 Å². The third-order valence-electron chi connectivity index (χ3n) is 4.08. The molecule has 6 nitrogen and oxygen atoms in total. The topological polar surface area (TPSA) is 68.5 Å². The van der Waals surface area contributed by atoms with Gasteiger partial charge in [0, 0.05) is 19.6 Å². The molecule has 20 heavy (non-hydrogen) atoms. The van der Waals surface area contributed by atoms with Gasteiger partial charge in [-0.1, -0.05) is 12.1 Å². The highest BCUT2D eigenvalue weighted by Crippen LogP contribution is 2.31. The number of hydrogen-bond acceptors (Lipinski definition) is 5. The van der Waals surface area contributed by atoms with Gasteiger partial charge in [0.1, 0.15) is 0 Å². The van der Waals surface area contributed by atoms with E-state index in [1.54, 1.807) is 0 Å². The molecule has 2 fully saturated rings. The second kappa shape index (κ2) is 5.91. The first-order chi connectivity index (χ1) is 9.78. The molecule has 1 amide bonds. The van der Waals surface area contributed by atoms with Crippen molar-refractivity contribution in [2.45, 2.75) is 57.6 Å². The van der Waals surface area contributed by atoms with E-state index in [0.29, 0.717) is 18.1 Å². The highest BCUT2D eigenvalue weighted by molar-refractivity contribution is 5.77. The third kappa shape index (κ3) is 2.70. The first-order valence-corrected chi connectivity index (χ1v) is 7.51. The molecule has 2 atom stereocenters. The molecule has 0 radical (unpaired) electrons. The van der Waals surface area contributed by atoms with Gasteiger partial charge in [-0.2, -0.15) is 4.98 Å². The van der Waals surface area contributed by atoms with E-state index in [0.717, 1.165) is 45.3 Å². The average molecular weight is 279 g/mol. The molecule has 0 bridgehead atoms. The predicted octanol–water partition coefficient (Wildman–Crippen LogP) is 1.86. The van der Waals surface area contributed by atoms with E-state index < -0.39 is 0 Å². The molecule has 0 aromatic carbocycles. The normalized spacial score (nSPS) is 26.4. The predicted molar refractivity (Wildman–Crippen MR) is 71.0 cm³/mol. The van der Waals surface area contributed by atoms with Crippen molar-refractivity contribution in [2.75, 3.05) is 13.2 Å². The Hall–Kier alpha value is -1.43. The molecule has 3 rings (SSSR count). The van der Waals surface area contributed by atoms with Crippen LogP contribution in [0, 0.1) is 0 Å². The monoisotopic (exact) mass is 279 g/mol. The molecule has 1 aromatic rings. The van der Waals surface area contributed by atoms with Crippen molar-refractivity contribution in [1.82, 2.24) is 15.0 Å². The summed E-state index contributed by atoms with van der Waals surface area (Å²) in [4.78, 5) is 18.7. The summed E-state index contributed by atoms with van der Waals surface area (Å²) < 4.78 is 10.7. The lowest BCUT2D eigenvalue weighted by Crippen LogP contribution is -2.33. The molecular formula is C14H21N3O3. The zero-order chi connectivity index (χ0) is 13.9. The number of amides is 1. The summed E-state index contributed by atoms with van der Waals surface area (Å²) in [6.07, 6.45) is 5.27. The van der Waals surface area contributed by atoms with Gasteiger partial charge in [-0.3, -0.25) is 4.79 Å². The molecule has 2 saturated heterocycles. The summed E-state index contributed by atoms with van der Waals surface area (Å²) in [5, 5.41) is 4.02. The first-order valence-electron chi connectivity index (χ1n) is 7.51. The van der Waals surface area contributed by atoms with Gasteiger partial charge in [0.15, 0.2) is 5.82 Å². The Labute approximate surface area is 118 Å². The van der Waals surface area contributed by atoms with Crippen molar-refractivity contribution >= 4 is 5.91 Å². The standard InChI is InChI=1S/C14H21N3O3/c1-2-12-15-14(16-20-12)11-6-3-7-17(11)13(18)9-10-5-4-8-19-10/h10-11H,2-9H2,1H3/t10-,11-/m0/s1. The summed E-state index contributed by atoms with van der Waals surface area (Å²) in [6.45, 7) is 3.55. The van der Waals surface area contributed by atoms with E-state index in [-0.39, 0.29) is 18.1 Å². The molecule has 0 spiro atoms. The Kier molecular flexibility index (Phi) is 4.00. The zero-order valence-electron chi connectivity index (χ0n) is 11.9. The largest absolute Gasteiger partial charge is 0.378 e. The lowest BCUT2D eigenvalue weighted by Gasteiger charge is -2.23. The molecule has 3 heterocycles. The quantitative estimate of drug-likeness (QED) is 0.841. The van der Waals surface area contributed by atoms with Crippen LogP contribution in [0.2, 0.25) is 0 Å².